The molecule has 1 fully saturated rings. The van der Waals surface area contributed by atoms with E-state index in [0.717, 1.165) is 32.1 Å². The fraction of sp³-hybridized carbons (Fsp3) is 0.444. The smallest absolute Gasteiger partial charge is 0.369 e. The monoisotopic (exact) mass is 391 g/mol. The SMILES string of the molecule is CN1CCC(CNc2nc(Nc3ccc(C#N)nc3)ncc2C(F)(F)F)CC1. The molecule has 2 aromatic rings. The van der Waals surface area contributed by atoms with E-state index < -0.39 is 11.7 Å². The van der Waals surface area contributed by atoms with Gasteiger partial charge in [-0.25, -0.2) is 9.97 Å². The average molecular weight is 391 g/mol. The van der Waals surface area contributed by atoms with E-state index in [1.54, 1.807) is 6.07 Å². The van der Waals surface area contributed by atoms with Crippen LogP contribution in [0, 0.1) is 17.2 Å². The van der Waals surface area contributed by atoms with E-state index in [0.29, 0.717) is 18.2 Å². The van der Waals surface area contributed by atoms with Gasteiger partial charge in [0, 0.05) is 12.7 Å². The van der Waals surface area contributed by atoms with Crippen molar-refractivity contribution in [3.63, 3.8) is 0 Å². The minimum Gasteiger partial charge on any atom is -0.369 e. The molecule has 3 heterocycles. The van der Waals surface area contributed by atoms with Gasteiger partial charge in [0.2, 0.25) is 5.95 Å². The van der Waals surface area contributed by atoms with Crippen molar-refractivity contribution in [2.45, 2.75) is 19.0 Å². The second kappa shape index (κ2) is 8.39. The van der Waals surface area contributed by atoms with Crippen LogP contribution in [0.5, 0.6) is 0 Å². The molecular weight excluding hydrogens is 371 g/mol. The van der Waals surface area contributed by atoms with Gasteiger partial charge < -0.3 is 15.5 Å². The summed E-state index contributed by atoms with van der Waals surface area (Å²) in [4.78, 5) is 13.9. The third kappa shape index (κ3) is 5.07. The number of likely N-dealkylation sites (tertiary alicyclic amines) is 1. The Morgan fingerprint density at radius 1 is 1.21 bits per heavy atom. The van der Waals surface area contributed by atoms with E-state index in [4.69, 9.17) is 5.26 Å². The first-order valence-corrected chi connectivity index (χ1v) is 8.85. The number of alkyl halides is 3. The molecule has 1 saturated heterocycles. The molecule has 0 atom stereocenters. The number of aromatic nitrogens is 3. The van der Waals surface area contributed by atoms with Gasteiger partial charge in [-0.3, -0.25) is 0 Å². The van der Waals surface area contributed by atoms with Gasteiger partial charge in [0.1, 0.15) is 23.1 Å². The van der Waals surface area contributed by atoms with E-state index >= 15 is 0 Å². The molecule has 1 aliphatic rings. The molecule has 0 radical (unpaired) electrons. The summed E-state index contributed by atoms with van der Waals surface area (Å²) in [6.07, 6.45) is -0.534. The maximum absolute atomic E-state index is 13.3. The van der Waals surface area contributed by atoms with E-state index in [9.17, 15) is 13.2 Å². The summed E-state index contributed by atoms with van der Waals surface area (Å²) < 4.78 is 40.0. The summed E-state index contributed by atoms with van der Waals surface area (Å²) in [7, 11) is 2.03. The van der Waals surface area contributed by atoms with Crippen LogP contribution >= 0.6 is 0 Å². The minimum atomic E-state index is -4.55. The third-order valence-corrected chi connectivity index (χ3v) is 4.62. The quantitative estimate of drug-likeness (QED) is 0.809. The van der Waals surface area contributed by atoms with E-state index in [1.807, 2.05) is 13.1 Å². The largest absolute Gasteiger partial charge is 0.421 e. The number of nitriles is 1. The van der Waals surface area contributed by atoms with Crippen molar-refractivity contribution in [3.8, 4) is 6.07 Å². The van der Waals surface area contributed by atoms with Crippen LogP contribution in [-0.2, 0) is 6.18 Å². The summed E-state index contributed by atoms with van der Waals surface area (Å²) in [5.74, 6) is 0.0716. The lowest BCUT2D eigenvalue weighted by Crippen LogP contribution is -2.33. The number of nitrogens with one attached hydrogen (secondary N) is 2. The molecule has 2 aromatic heterocycles. The van der Waals surface area contributed by atoms with Gasteiger partial charge in [-0.2, -0.15) is 23.4 Å². The maximum Gasteiger partial charge on any atom is 0.421 e. The Kier molecular flexibility index (Phi) is 5.94. The zero-order chi connectivity index (χ0) is 20.1. The van der Waals surface area contributed by atoms with Crippen molar-refractivity contribution >= 4 is 17.5 Å². The predicted molar refractivity (Wildman–Crippen MR) is 98.0 cm³/mol. The van der Waals surface area contributed by atoms with Crippen LogP contribution in [0.1, 0.15) is 24.1 Å². The first-order valence-electron chi connectivity index (χ1n) is 8.85. The minimum absolute atomic E-state index is 0.0189. The highest BCUT2D eigenvalue weighted by Crippen LogP contribution is 2.34. The zero-order valence-electron chi connectivity index (χ0n) is 15.3. The average Bonchev–Trinajstić information content (AvgIpc) is 2.67. The van der Waals surface area contributed by atoms with Crippen molar-refractivity contribution in [3.05, 3.63) is 35.8 Å². The first kappa shape index (κ1) is 19.8. The first-order chi connectivity index (χ1) is 13.3. The summed E-state index contributed by atoms with van der Waals surface area (Å²) in [5.41, 5.74) is -0.191. The second-order valence-electron chi connectivity index (χ2n) is 6.75. The highest BCUT2D eigenvalue weighted by molar-refractivity contribution is 5.56. The van der Waals surface area contributed by atoms with Gasteiger partial charge in [0.05, 0.1) is 11.9 Å². The Morgan fingerprint density at radius 3 is 2.57 bits per heavy atom. The van der Waals surface area contributed by atoms with Gasteiger partial charge in [0.15, 0.2) is 0 Å². The van der Waals surface area contributed by atoms with Crippen LogP contribution in [0.15, 0.2) is 24.5 Å². The standard InChI is InChI=1S/C18H20F3N7/c1-28-6-4-12(5-7-28)9-24-16-15(18(19,20)21)11-25-17(27-16)26-14-3-2-13(8-22)23-10-14/h2-3,10-12H,4-7,9H2,1H3,(H2,24,25,26,27). The van der Waals surface area contributed by atoms with Crippen LogP contribution in [0.3, 0.4) is 0 Å². The topological polar surface area (TPSA) is 89.8 Å². The fourth-order valence-corrected chi connectivity index (χ4v) is 2.95. The van der Waals surface area contributed by atoms with Crippen molar-refractivity contribution < 1.29 is 13.2 Å². The highest BCUT2D eigenvalue weighted by atomic mass is 19.4. The number of hydrogen-bond acceptors (Lipinski definition) is 7. The molecule has 10 heteroatoms. The number of anilines is 3. The number of hydrogen-bond donors (Lipinski definition) is 2. The lowest BCUT2D eigenvalue weighted by molar-refractivity contribution is -0.137. The summed E-state index contributed by atoms with van der Waals surface area (Å²) in [6, 6.07) is 4.97. The van der Waals surface area contributed by atoms with Crippen LogP contribution in [0.2, 0.25) is 0 Å². The molecule has 1 aliphatic heterocycles. The fourth-order valence-electron chi connectivity index (χ4n) is 2.95. The Hall–Kier alpha value is -2.93. The number of rotatable bonds is 5. The van der Waals surface area contributed by atoms with E-state index in [2.05, 4.69) is 30.5 Å². The summed E-state index contributed by atoms with van der Waals surface area (Å²) >= 11 is 0. The predicted octanol–water partition coefficient (Wildman–Crippen LogP) is 3.26. The molecule has 148 valence electrons. The molecule has 0 spiro atoms. The highest BCUT2D eigenvalue weighted by Gasteiger charge is 2.35. The number of nitrogens with zero attached hydrogens (tertiary/aromatic N) is 5. The van der Waals surface area contributed by atoms with Gasteiger partial charge in [-0.15, -0.1) is 0 Å². The summed E-state index contributed by atoms with van der Waals surface area (Å²) in [6.45, 7) is 2.29. The molecule has 0 aliphatic carbocycles. The van der Waals surface area contributed by atoms with Crippen molar-refractivity contribution in [1.29, 1.82) is 5.26 Å². The Morgan fingerprint density at radius 2 is 1.96 bits per heavy atom. The van der Waals surface area contributed by atoms with Gasteiger partial charge >= 0.3 is 6.18 Å². The molecular formula is C18H20F3N7. The number of halogens is 3. The molecule has 0 bridgehead atoms. The molecule has 0 aromatic carbocycles. The van der Waals surface area contributed by atoms with Crippen LogP contribution in [0.4, 0.5) is 30.6 Å². The van der Waals surface area contributed by atoms with Crippen molar-refractivity contribution in [1.82, 2.24) is 19.9 Å². The molecule has 0 amide bonds. The summed E-state index contributed by atoms with van der Waals surface area (Å²) in [5, 5.41) is 14.4. The van der Waals surface area contributed by atoms with E-state index in [1.165, 1.54) is 12.3 Å². The van der Waals surface area contributed by atoms with Crippen LogP contribution in [-0.4, -0.2) is 46.5 Å². The molecule has 0 saturated carbocycles. The van der Waals surface area contributed by atoms with E-state index in [-0.39, 0.29) is 17.5 Å². The van der Waals surface area contributed by atoms with Gasteiger partial charge in [-0.1, -0.05) is 0 Å². The molecule has 28 heavy (non-hydrogen) atoms. The number of piperidine rings is 1. The van der Waals surface area contributed by atoms with Crippen LogP contribution < -0.4 is 10.6 Å². The molecule has 7 nitrogen and oxygen atoms in total. The van der Waals surface area contributed by atoms with Gasteiger partial charge in [-0.05, 0) is 51.0 Å². The van der Waals surface area contributed by atoms with Crippen molar-refractivity contribution in [2.75, 3.05) is 37.3 Å². The third-order valence-electron chi connectivity index (χ3n) is 4.62. The lowest BCUT2D eigenvalue weighted by Gasteiger charge is -2.29. The van der Waals surface area contributed by atoms with Gasteiger partial charge in [0.25, 0.3) is 0 Å². The molecule has 3 rings (SSSR count). The molecule has 0 unspecified atom stereocenters. The van der Waals surface area contributed by atoms with Crippen LogP contribution in [0.25, 0.3) is 0 Å². The van der Waals surface area contributed by atoms with Crippen molar-refractivity contribution in [2.24, 2.45) is 5.92 Å². The Labute approximate surface area is 160 Å². The Balaban J connectivity index is 1.75. The maximum atomic E-state index is 13.3. The zero-order valence-corrected chi connectivity index (χ0v) is 15.3. The number of pyridine rings is 1. The normalized spacial score (nSPS) is 15.8. The molecule has 2 N–H and O–H groups in total. The second-order valence-corrected chi connectivity index (χ2v) is 6.75. The Bertz CT molecular complexity index is 838. The lowest BCUT2D eigenvalue weighted by atomic mass is 9.97.